The highest BCUT2D eigenvalue weighted by molar-refractivity contribution is 5.91. The van der Waals surface area contributed by atoms with E-state index in [2.05, 4.69) is 22.4 Å². The number of aromatic nitrogens is 2. The Bertz CT molecular complexity index is 377. The number of nitrogens with zero attached hydrogens (tertiary/aromatic N) is 3. The summed E-state index contributed by atoms with van der Waals surface area (Å²) in [5.74, 6) is 0.522. The molecule has 0 aliphatic heterocycles. The monoisotopic (exact) mass is 251 g/mol. The van der Waals surface area contributed by atoms with E-state index in [1.807, 2.05) is 0 Å². The molecular weight excluding hydrogens is 230 g/mol. The lowest BCUT2D eigenvalue weighted by molar-refractivity contribution is 0.0821. The van der Waals surface area contributed by atoms with Crippen LogP contribution in [0, 0.1) is 0 Å². The molecule has 100 valence electrons. The van der Waals surface area contributed by atoms with Crippen LogP contribution < -0.4 is 11.1 Å². The summed E-state index contributed by atoms with van der Waals surface area (Å²) in [5, 5.41) is 11.2. The molecule has 18 heavy (non-hydrogen) atoms. The topological polar surface area (TPSA) is 84.1 Å². The van der Waals surface area contributed by atoms with Crippen LogP contribution in [-0.4, -0.2) is 47.7 Å². The lowest BCUT2D eigenvalue weighted by atomic mass is 10.1. The Kier molecular flexibility index (Phi) is 5.51. The van der Waals surface area contributed by atoms with Crippen molar-refractivity contribution >= 4 is 11.7 Å². The second-order valence-corrected chi connectivity index (χ2v) is 4.33. The van der Waals surface area contributed by atoms with E-state index in [1.165, 1.54) is 4.90 Å². The van der Waals surface area contributed by atoms with Crippen LogP contribution in [0.1, 0.15) is 30.3 Å². The van der Waals surface area contributed by atoms with Gasteiger partial charge in [-0.1, -0.05) is 6.92 Å². The predicted octanol–water partition coefficient (Wildman–Crippen LogP) is 0.718. The Morgan fingerprint density at radius 2 is 2.17 bits per heavy atom. The molecule has 1 aromatic heterocycles. The number of hydrogen-bond donors (Lipinski definition) is 2. The Labute approximate surface area is 108 Å². The maximum absolute atomic E-state index is 11.6. The van der Waals surface area contributed by atoms with Crippen LogP contribution in [0.15, 0.2) is 12.1 Å². The molecule has 3 N–H and O–H groups in total. The minimum Gasteiger partial charge on any atom is -0.366 e. The molecule has 1 unspecified atom stereocenters. The first-order valence-electron chi connectivity index (χ1n) is 6.10. The van der Waals surface area contributed by atoms with Crippen molar-refractivity contribution < 1.29 is 4.79 Å². The van der Waals surface area contributed by atoms with Crippen LogP contribution >= 0.6 is 0 Å². The van der Waals surface area contributed by atoms with E-state index < -0.39 is 0 Å². The van der Waals surface area contributed by atoms with Crippen LogP contribution in [0.3, 0.4) is 0 Å². The van der Waals surface area contributed by atoms with E-state index >= 15 is 0 Å². The van der Waals surface area contributed by atoms with Crippen molar-refractivity contribution in [2.75, 3.05) is 26.0 Å². The largest absolute Gasteiger partial charge is 0.366 e. The van der Waals surface area contributed by atoms with Crippen molar-refractivity contribution in [3.8, 4) is 0 Å². The zero-order valence-electron chi connectivity index (χ0n) is 11.2. The van der Waals surface area contributed by atoms with Crippen molar-refractivity contribution in [1.29, 1.82) is 0 Å². The van der Waals surface area contributed by atoms with E-state index in [1.54, 1.807) is 26.2 Å². The van der Waals surface area contributed by atoms with Crippen LogP contribution in [-0.2, 0) is 0 Å². The summed E-state index contributed by atoms with van der Waals surface area (Å²) in [6, 6.07) is 3.73. The van der Waals surface area contributed by atoms with Gasteiger partial charge in [-0.05, 0) is 31.5 Å². The summed E-state index contributed by atoms with van der Waals surface area (Å²) in [6.07, 6.45) is 1.85. The van der Waals surface area contributed by atoms with E-state index in [0.717, 1.165) is 12.8 Å². The fourth-order valence-electron chi connectivity index (χ4n) is 1.54. The fourth-order valence-corrected chi connectivity index (χ4v) is 1.54. The van der Waals surface area contributed by atoms with Gasteiger partial charge in [-0.2, -0.15) is 0 Å². The number of nitrogens with two attached hydrogens (primary N) is 1. The van der Waals surface area contributed by atoms with Crippen LogP contribution in [0.2, 0.25) is 0 Å². The summed E-state index contributed by atoms with van der Waals surface area (Å²) in [5.41, 5.74) is 5.87. The number of carbonyl (C=O) groups is 1. The number of anilines is 1. The minimum atomic E-state index is -0.150. The highest BCUT2D eigenvalue weighted by Gasteiger charge is 2.11. The fraction of sp³-hybridized carbons (Fsp3) is 0.583. The Morgan fingerprint density at radius 1 is 1.44 bits per heavy atom. The van der Waals surface area contributed by atoms with Crippen molar-refractivity contribution in [3.63, 3.8) is 0 Å². The molecular formula is C12H21N5O. The highest BCUT2D eigenvalue weighted by atomic mass is 16.2. The zero-order valence-corrected chi connectivity index (χ0v) is 11.2. The summed E-state index contributed by atoms with van der Waals surface area (Å²) < 4.78 is 0. The summed E-state index contributed by atoms with van der Waals surface area (Å²) in [4.78, 5) is 13.1. The lowest BCUT2D eigenvalue weighted by Gasteiger charge is -2.16. The van der Waals surface area contributed by atoms with E-state index in [4.69, 9.17) is 5.73 Å². The van der Waals surface area contributed by atoms with Crippen molar-refractivity contribution in [2.45, 2.75) is 25.8 Å². The smallest absolute Gasteiger partial charge is 0.273 e. The van der Waals surface area contributed by atoms with Gasteiger partial charge >= 0.3 is 0 Å². The molecule has 0 radical (unpaired) electrons. The quantitative estimate of drug-likeness (QED) is 0.778. The molecule has 0 aliphatic rings. The molecule has 1 heterocycles. The van der Waals surface area contributed by atoms with Gasteiger partial charge in [0.05, 0.1) is 0 Å². The predicted molar refractivity (Wildman–Crippen MR) is 71.4 cm³/mol. The van der Waals surface area contributed by atoms with Gasteiger partial charge in [0, 0.05) is 20.1 Å². The molecule has 0 spiro atoms. The number of rotatable bonds is 6. The SMILES string of the molecule is CCC(CCN)Nc1ccc(C(=O)N(C)C)nn1. The highest BCUT2D eigenvalue weighted by Crippen LogP contribution is 2.08. The van der Waals surface area contributed by atoms with Gasteiger partial charge in [0.15, 0.2) is 5.69 Å². The van der Waals surface area contributed by atoms with Gasteiger partial charge in [-0.3, -0.25) is 4.79 Å². The molecule has 6 heteroatoms. The minimum absolute atomic E-state index is 0.150. The Balaban J connectivity index is 2.68. The van der Waals surface area contributed by atoms with Crippen molar-refractivity contribution in [3.05, 3.63) is 17.8 Å². The number of hydrogen-bond acceptors (Lipinski definition) is 5. The van der Waals surface area contributed by atoms with Crippen LogP contribution in [0.25, 0.3) is 0 Å². The molecule has 0 saturated heterocycles. The Hall–Kier alpha value is -1.69. The van der Waals surface area contributed by atoms with Crippen molar-refractivity contribution in [1.82, 2.24) is 15.1 Å². The average Bonchev–Trinajstić information content (AvgIpc) is 2.38. The van der Waals surface area contributed by atoms with E-state index in [-0.39, 0.29) is 5.91 Å². The third kappa shape index (κ3) is 3.96. The first-order valence-corrected chi connectivity index (χ1v) is 6.10. The molecule has 0 saturated carbocycles. The third-order valence-electron chi connectivity index (χ3n) is 2.65. The van der Waals surface area contributed by atoms with Gasteiger partial charge in [0.1, 0.15) is 5.82 Å². The first-order chi connectivity index (χ1) is 8.58. The zero-order chi connectivity index (χ0) is 13.5. The molecule has 0 aliphatic carbocycles. The van der Waals surface area contributed by atoms with Crippen molar-refractivity contribution in [2.24, 2.45) is 5.73 Å². The van der Waals surface area contributed by atoms with Crippen LogP contribution in [0.5, 0.6) is 0 Å². The average molecular weight is 251 g/mol. The number of carbonyl (C=O) groups excluding carboxylic acids is 1. The second-order valence-electron chi connectivity index (χ2n) is 4.33. The normalized spacial score (nSPS) is 12.0. The van der Waals surface area contributed by atoms with Gasteiger partial charge in [0.2, 0.25) is 0 Å². The molecule has 1 aromatic rings. The number of nitrogens with one attached hydrogen (secondary N) is 1. The first kappa shape index (κ1) is 14.4. The van der Waals surface area contributed by atoms with E-state index in [9.17, 15) is 4.79 Å². The molecule has 6 nitrogen and oxygen atoms in total. The molecule has 1 rings (SSSR count). The Morgan fingerprint density at radius 3 is 2.61 bits per heavy atom. The standard InChI is InChI=1S/C12H21N5O/c1-4-9(7-8-13)14-11-6-5-10(15-16-11)12(18)17(2)3/h5-6,9H,4,7-8,13H2,1-3H3,(H,14,16). The molecule has 1 amide bonds. The maximum atomic E-state index is 11.6. The number of amides is 1. The van der Waals surface area contributed by atoms with Gasteiger partial charge in [-0.25, -0.2) is 0 Å². The van der Waals surface area contributed by atoms with Gasteiger partial charge < -0.3 is 16.0 Å². The van der Waals surface area contributed by atoms with Crippen LogP contribution in [0.4, 0.5) is 5.82 Å². The second kappa shape index (κ2) is 6.90. The summed E-state index contributed by atoms with van der Waals surface area (Å²) >= 11 is 0. The molecule has 0 fully saturated rings. The van der Waals surface area contributed by atoms with Gasteiger partial charge in [-0.15, -0.1) is 10.2 Å². The molecule has 0 bridgehead atoms. The lowest BCUT2D eigenvalue weighted by Crippen LogP contribution is -2.25. The third-order valence-corrected chi connectivity index (χ3v) is 2.65. The molecule has 1 atom stereocenters. The summed E-state index contributed by atoms with van der Waals surface area (Å²) in [7, 11) is 3.37. The van der Waals surface area contributed by atoms with E-state index in [0.29, 0.717) is 24.1 Å². The molecule has 0 aromatic carbocycles. The summed E-state index contributed by atoms with van der Waals surface area (Å²) in [6.45, 7) is 2.72. The maximum Gasteiger partial charge on any atom is 0.273 e. The van der Waals surface area contributed by atoms with Gasteiger partial charge in [0.25, 0.3) is 5.91 Å².